The summed E-state index contributed by atoms with van der Waals surface area (Å²) in [6.45, 7) is 3.83. The molecule has 2 rings (SSSR count). The predicted molar refractivity (Wildman–Crippen MR) is 71.7 cm³/mol. The van der Waals surface area contributed by atoms with Crippen molar-refractivity contribution >= 4 is 17.9 Å². The molecule has 0 amide bonds. The minimum Gasteiger partial charge on any atom is -0.298 e. The Hall–Kier alpha value is -1.67. The van der Waals surface area contributed by atoms with Crippen molar-refractivity contribution in [1.82, 2.24) is 0 Å². The summed E-state index contributed by atoms with van der Waals surface area (Å²) in [6, 6.07) is 8.38. The van der Waals surface area contributed by atoms with E-state index in [0.29, 0.717) is 11.3 Å². The molecule has 0 spiro atoms. The van der Waals surface area contributed by atoms with Crippen LogP contribution in [-0.4, -0.2) is 6.29 Å². The van der Waals surface area contributed by atoms with Gasteiger partial charge in [0.25, 0.3) is 0 Å². The fraction of sp³-hybridized carbons (Fsp3) is 0.133. The molecule has 0 saturated carbocycles. The molecule has 0 heterocycles. The summed E-state index contributed by atoms with van der Waals surface area (Å²) in [5.74, 6) is -0.505. The van der Waals surface area contributed by atoms with E-state index >= 15 is 0 Å². The lowest BCUT2D eigenvalue weighted by Gasteiger charge is -2.09. The van der Waals surface area contributed by atoms with Gasteiger partial charge in [-0.25, -0.2) is 4.39 Å². The highest BCUT2D eigenvalue weighted by molar-refractivity contribution is 6.31. The van der Waals surface area contributed by atoms with Crippen LogP contribution in [0.15, 0.2) is 30.3 Å². The van der Waals surface area contributed by atoms with Crippen LogP contribution in [0.4, 0.5) is 4.39 Å². The zero-order valence-corrected chi connectivity index (χ0v) is 10.9. The van der Waals surface area contributed by atoms with Crippen molar-refractivity contribution in [2.75, 3.05) is 0 Å². The molecule has 0 aliphatic heterocycles. The molecule has 0 atom stereocenters. The Morgan fingerprint density at radius 3 is 2.44 bits per heavy atom. The van der Waals surface area contributed by atoms with Crippen LogP contribution in [-0.2, 0) is 0 Å². The van der Waals surface area contributed by atoms with E-state index in [1.54, 1.807) is 6.07 Å². The van der Waals surface area contributed by atoms with Gasteiger partial charge in [-0.2, -0.15) is 0 Å². The third-order valence-electron chi connectivity index (χ3n) is 2.94. The summed E-state index contributed by atoms with van der Waals surface area (Å²) in [6.07, 6.45) is 0.513. The first-order valence-electron chi connectivity index (χ1n) is 5.55. The summed E-state index contributed by atoms with van der Waals surface area (Å²) >= 11 is 6.03. The highest BCUT2D eigenvalue weighted by atomic mass is 35.5. The average Bonchev–Trinajstić information content (AvgIpc) is 2.33. The van der Waals surface area contributed by atoms with Crippen molar-refractivity contribution in [3.8, 4) is 11.1 Å². The molecule has 92 valence electrons. The van der Waals surface area contributed by atoms with E-state index in [2.05, 4.69) is 0 Å². The van der Waals surface area contributed by atoms with Crippen molar-refractivity contribution in [3.05, 3.63) is 57.9 Å². The molecule has 0 aromatic heterocycles. The van der Waals surface area contributed by atoms with Gasteiger partial charge in [-0.05, 0) is 60.4 Å². The normalized spacial score (nSPS) is 10.4. The van der Waals surface area contributed by atoms with Gasteiger partial charge >= 0.3 is 0 Å². The van der Waals surface area contributed by atoms with Crippen LogP contribution in [0.25, 0.3) is 11.1 Å². The molecule has 2 aromatic rings. The summed E-state index contributed by atoms with van der Waals surface area (Å²) in [5, 5.41) is 0.696. The summed E-state index contributed by atoms with van der Waals surface area (Å²) < 4.78 is 13.6. The number of halogens is 2. The zero-order valence-electron chi connectivity index (χ0n) is 10.1. The Labute approximate surface area is 110 Å². The molecule has 0 aliphatic rings. The Kier molecular flexibility index (Phi) is 3.48. The Morgan fingerprint density at radius 1 is 1.11 bits per heavy atom. The first-order chi connectivity index (χ1) is 8.52. The topological polar surface area (TPSA) is 17.1 Å². The largest absolute Gasteiger partial charge is 0.298 e. The monoisotopic (exact) mass is 262 g/mol. The van der Waals surface area contributed by atoms with Crippen molar-refractivity contribution in [2.45, 2.75) is 13.8 Å². The lowest BCUT2D eigenvalue weighted by molar-refractivity contribution is 0.112. The Bertz CT molecular complexity index is 620. The highest BCUT2D eigenvalue weighted by Gasteiger charge is 2.08. The molecule has 0 bridgehead atoms. The molecular weight excluding hydrogens is 251 g/mol. The van der Waals surface area contributed by atoms with Gasteiger partial charge in [-0.3, -0.25) is 4.79 Å². The van der Waals surface area contributed by atoms with Crippen molar-refractivity contribution in [1.29, 1.82) is 0 Å². The van der Waals surface area contributed by atoms with E-state index in [0.717, 1.165) is 22.3 Å². The van der Waals surface area contributed by atoms with Crippen LogP contribution in [0.1, 0.15) is 21.5 Å². The van der Waals surface area contributed by atoms with Crippen molar-refractivity contribution < 1.29 is 9.18 Å². The van der Waals surface area contributed by atoms with Crippen molar-refractivity contribution in [2.24, 2.45) is 0 Å². The summed E-state index contributed by atoms with van der Waals surface area (Å²) in [5.41, 5.74) is 3.66. The molecule has 3 heteroatoms. The Morgan fingerprint density at radius 2 is 1.83 bits per heavy atom. The maximum Gasteiger partial charge on any atom is 0.152 e. The molecule has 0 unspecified atom stereocenters. The van der Waals surface area contributed by atoms with Gasteiger partial charge in [0.1, 0.15) is 5.82 Å². The molecule has 1 nitrogen and oxygen atoms in total. The first-order valence-corrected chi connectivity index (χ1v) is 5.92. The quantitative estimate of drug-likeness (QED) is 0.724. The molecule has 0 aliphatic carbocycles. The molecular formula is C15H12ClFO. The second-order valence-electron chi connectivity index (χ2n) is 4.27. The lowest BCUT2D eigenvalue weighted by atomic mass is 9.97. The van der Waals surface area contributed by atoms with E-state index in [1.807, 2.05) is 26.0 Å². The molecule has 0 saturated heterocycles. The van der Waals surface area contributed by atoms with Gasteiger partial charge in [-0.15, -0.1) is 0 Å². The van der Waals surface area contributed by atoms with E-state index in [1.165, 1.54) is 12.1 Å². The summed E-state index contributed by atoms with van der Waals surface area (Å²) in [4.78, 5) is 10.6. The number of carbonyl (C=O) groups is 1. The van der Waals surface area contributed by atoms with E-state index in [4.69, 9.17) is 11.6 Å². The number of aryl methyl sites for hydroxylation is 2. The van der Waals surface area contributed by atoms with Crippen LogP contribution < -0.4 is 0 Å². The molecule has 0 N–H and O–H groups in total. The third-order valence-corrected chi connectivity index (χ3v) is 3.35. The highest BCUT2D eigenvalue weighted by Crippen LogP contribution is 2.29. The maximum atomic E-state index is 13.6. The van der Waals surface area contributed by atoms with Crippen LogP contribution in [0, 0.1) is 19.7 Å². The van der Waals surface area contributed by atoms with Gasteiger partial charge in [0.2, 0.25) is 0 Å². The standard InChI is InChI=1S/C15H12ClFO/c1-9-6-14(16)10(2)5-13(9)11-3-4-12(8-18)15(17)7-11/h3-8H,1-2H3. The van der Waals surface area contributed by atoms with Crippen LogP contribution in [0.3, 0.4) is 0 Å². The van der Waals surface area contributed by atoms with Crippen molar-refractivity contribution in [3.63, 3.8) is 0 Å². The fourth-order valence-corrected chi connectivity index (χ4v) is 2.10. The minimum absolute atomic E-state index is 0.0714. The smallest absolute Gasteiger partial charge is 0.152 e. The SMILES string of the molecule is Cc1cc(-c2ccc(C=O)c(F)c2)c(C)cc1Cl. The first kappa shape index (κ1) is 12.8. The van der Waals surface area contributed by atoms with Crippen LogP contribution in [0.2, 0.25) is 5.02 Å². The van der Waals surface area contributed by atoms with E-state index < -0.39 is 5.82 Å². The Balaban J connectivity index is 2.58. The second kappa shape index (κ2) is 4.91. The van der Waals surface area contributed by atoms with Crippen LogP contribution >= 0.6 is 11.6 Å². The molecule has 0 radical (unpaired) electrons. The van der Waals surface area contributed by atoms with Gasteiger partial charge in [0.15, 0.2) is 6.29 Å². The predicted octanol–water partition coefficient (Wildman–Crippen LogP) is 4.58. The second-order valence-corrected chi connectivity index (χ2v) is 4.68. The van der Waals surface area contributed by atoms with Gasteiger partial charge in [-0.1, -0.05) is 17.7 Å². The number of aldehydes is 1. The van der Waals surface area contributed by atoms with Crippen LogP contribution in [0.5, 0.6) is 0 Å². The molecule has 2 aromatic carbocycles. The third kappa shape index (κ3) is 2.29. The minimum atomic E-state index is -0.505. The van der Waals surface area contributed by atoms with E-state index in [-0.39, 0.29) is 5.56 Å². The number of hydrogen-bond acceptors (Lipinski definition) is 1. The lowest BCUT2D eigenvalue weighted by Crippen LogP contribution is -1.91. The zero-order chi connectivity index (χ0) is 13.3. The molecule has 0 fully saturated rings. The van der Waals surface area contributed by atoms with Gasteiger partial charge in [0.05, 0.1) is 5.56 Å². The molecule has 18 heavy (non-hydrogen) atoms. The number of rotatable bonds is 2. The number of carbonyl (C=O) groups excluding carboxylic acids is 1. The maximum absolute atomic E-state index is 13.6. The van der Waals surface area contributed by atoms with Gasteiger partial charge in [0, 0.05) is 5.02 Å². The average molecular weight is 263 g/mol. The summed E-state index contributed by atoms with van der Waals surface area (Å²) in [7, 11) is 0. The van der Waals surface area contributed by atoms with Gasteiger partial charge < -0.3 is 0 Å². The van der Waals surface area contributed by atoms with E-state index in [9.17, 15) is 9.18 Å². The number of hydrogen-bond donors (Lipinski definition) is 0. The fourth-order valence-electron chi connectivity index (χ4n) is 1.88. The number of benzene rings is 2.